The summed E-state index contributed by atoms with van der Waals surface area (Å²) < 4.78 is 8.66. The summed E-state index contributed by atoms with van der Waals surface area (Å²) in [6.45, 7) is 0. The molecule has 0 saturated carbocycles. The second-order valence-electron chi connectivity index (χ2n) is 12.7. The van der Waals surface area contributed by atoms with Gasteiger partial charge in [0.1, 0.15) is 58.2 Å². The molecule has 4 nitrogen and oxygen atoms in total. The molecule has 0 N–H and O–H groups in total. The van der Waals surface area contributed by atoms with Crippen LogP contribution in [-0.4, -0.2) is 61.6 Å². The molecule has 7 aromatic carbocycles. The lowest BCUT2D eigenvalue weighted by molar-refractivity contribution is 0.676. The number of fused-ring (bicyclic) bond motifs is 10. The van der Waals surface area contributed by atoms with E-state index in [0.29, 0.717) is 50.1 Å². The van der Waals surface area contributed by atoms with Crippen molar-refractivity contribution in [2.75, 3.05) is 0 Å². The molecule has 0 bridgehead atoms. The van der Waals surface area contributed by atoms with Crippen molar-refractivity contribution >= 4 is 156 Å². The van der Waals surface area contributed by atoms with E-state index in [9.17, 15) is 0 Å². The minimum atomic E-state index is 0.195. The molecule has 0 aliphatic heterocycles. The van der Waals surface area contributed by atoms with Crippen molar-refractivity contribution in [3.8, 4) is 17.2 Å². The largest absolute Gasteiger partial charge is 0.456 e. The fraction of sp³-hybridized carbons (Fsp3) is 0. The lowest BCUT2D eigenvalue weighted by Crippen LogP contribution is -2.40. The third-order valence-electron chi connectivity index (χ3n) is 9.98. The number of aromatic nitrogens is 3. The lowest BCUT2D eigenvalue weighted by atomic mass is 9.68. The van der Waals surface area contributed by atoms with E-state index in [1.54, 1.807) is 6.07 Å². The first kappa shape index (κ1) is 29.3. The maximum atomic E-state index is 6.95. The quantitative estimate of drug-likeness (QED) is 0.279. The molecule has 0 spiro atoms. The van der Waals surface area contributed by atoms with Gasteiger partial charge in [0.15, 0.2) is 0 Å². The van der Waals surface area contributed by atoms with Gasteiger partial charge < -0.3 is 4.42 Å². The van der Waals surface area contributed by atoms with Crippen LogP contribution in [0.2, 0.25) is 0 Å². The number of benzene rings is 7. The van der Waals surface area contributed by atoms with Crippen LogP contribution < -0.4 is 32.8 Å². The van der Waals surface area contributed by atoms with Crippen LogP contribution >= 0.6 is 0 Å². The Morgan fingerprint density at radius 2 is 1.20 bits per heavy atom. The summed E-state index contributed by atoms with van der Waals surface area (Å²) >= 11 is 0. The van der Waals surface area contributed by atoms with Gasteiger partial charge in [-0.05, 0) is 46.5 Å². The van der Waals surface area contributed by atoms with Crippen LogP contribution in [0, 0.1) is 0 Å². The van der Waals surface area contributed by atoms with Gasteiger partial charge in [-0.1, -0.05) is 89.2 Å². The summed E-state index contributed by atoms with van der Waals surface area (Å²) in [6.07, 6.45) is 0. The van der Waals surface area contributed by atoms with E-state index < -0.39 is 0 Å². The zero-order valence-corrected chi connectivity index (χ0v) is 26.5. The van der Waals surface area contributed by atoms with Crippen molar-refractivity contribution < 1.29 is 4.42 Å². The van der Waals surface area contributed by atoms with Crippen LogP contribution in [-0.2, 0) is 0 Å². The van der Waals surface area contributed by atoms with Crippen molar-refractivity contribution in [2.45, 2.75) is 0 Å². The van der Waals surface area contributed by atoms with E-state index in [2.05, 4.69) is 47.0 Å². The molecule has 0 saturated heterocycles. The van der Waals surface area contributed by atoms with Gasteiger partial charge in [0.25, 0.3) is 0 Å². The summed E-state index contributed by atoms with van der Waals surface area (Å²) in [4.78, 5) is 10.5. The van der Waals surface area contributed by atoms with Crippen molar-refractivity contribution in [1.29, 1.82) is 0 Å². The predicted molar refractivity (Wildman–Crippen MR) is 214 cm³/mol. The molecule has 50 heavy (non-hydrogen) atoms. The number of hydrogen-bond acceptors (Lipinski definition) is 3. The highest BCUT2D eigenvalue weighted by molar-refractivity contribution is 6.63. The van der Waals surface area contributed by atoms with Crippen LogP contribution in [0.1, 0.15) is 0 Å². The molecule has 12 radical (unpaired) electrons. The van der Waals surface area contributed by atoms with Gasteiger partial charge in [0, 0.05) is 37.9 Å². The van der Waals surface area contributed by atoms with Gasteiger partial charge in [-0.15, -0.1) is 16.4 Å². The zero-order valence-electron chi connectivity index (χ0n) is 26.5. The number of nitrogens with zero attached hydrogens (tertiary/aromatic N) is 3. The molecule has 0 aliphatic carbocycles. The van der Waals surface area contributed by atoms with E-state index in [4.69, 9.17) is 61.5 Å². The highest BCUT2D eigenvalue weighted by Gasteiger charge is 2.25. The van der Waals surface area contributed by atoms with Crippen molar-refractivity contribution in [1.82, 2.24) is 14.5 Å². The molecule has 0 aliphatic rings. The molecule has 0 amide bonds. The topological polar surface area (TPSA) is 43.9 Å². The van der Waals surface area contributed by atoms with E-state index in [1.807, 2.05) is 54.6 Å². The molecule has 3 aromatic heterocycles. The van der Waals surface area contributed by atoms with E-state index in [-0.39, 0.29) is 21.9 Å². The van der Waals surface area contributed by atoms with E-state index in [1.165, 1.54) is 0 Å². The molecule has 0 atom stereocenters. The smallest absolute Gasteiger partial charge is 0.235 e. The Labute approximate surface area is 294 Å². The third-order valence-corrected chi connectivity index (χ3v) is 9.98. The first-order chi connectivity index (χ1) is 24.3. The first-order valence-corrected chi connectivity index (χ1v) is 16.1. The summed E-state index contributed by atoms with van der Waals surface area (Å²) in [5, 5.41) is 8.02. The molecular weight excluding hydrogens is 603 g/mol. The van der Waals surface area contributed by atoms with E-state index >= 15 is 0 Å². The van der Waals surface area contributed by atoms with Gasteiger partial charge in [0.2, 0.25) is 5.95 Å². The molecule has 10 aromatic rings. The van der Waals surface area contributed by atoms with Crippen LogP contribution in [0.4, 0.5) is 0 Å². The second kappa shape index (κ2) is 10.4. The molecular formula is C40H17B6N3O. The van der Waals surface area contributed by atoms with Crippen LogP contribution in [0.25, 0.3) is 93.4 Å². The molecule has 10 rings (SSSR count). The fourth-order valence-electron chi connectivity index (χ4n) is 7.56. The molecule has 10 heteroatoms. The third kappa shape index (κ3) is 3.90. The monoisotopic (exact) mass is 621 g/mol. The Kier molecular flexibility index (Phi) is 6.13. The van der Waals surface area contributed by atoms with Crippen molar-refractivity contribution in [3.63, 3.8) is 0 Å². The molecule has 3 heterocycles. The number of rotatable bonds is 2. The highest BCUT2D eigenvalue weighted by Crippen LogP contribution is 2.40. The van der Waals surface area contributed by atoms with Gasteiger partial charge in [-0.2, -0.15) is 0 Å². The van der Waals surface area contributed by atoms with Crippen LogP contribution in [0.15, 0.2) is 108 Å². The molecule has 0 unspecified atom stereocenters. The van der Waals surface area contributed by atoms with Crippen molar-refractivity contribution in [2.24, 2.45) is 0 Å². The Bertz CT molecular complexity index is 3130. The molecule has 216 valence electrons. The lowest BCUT2D eigenvalue weighted by Gasteiger charge is -2.17. The van der Waals surface area contributed by atoms with Crippen molar-refractivity contribution in [3.05, 3.63) is 103 Å². The summed E-state index contributed by atoms with van der Waals surface area (Å²) in [5.41, 5.74) is 6.40. The number of para-hydroxylation sites is 2. The first-order valence-electron chi connectivity index (χ1n) is 16.1. The molecule has 0 fully saturated rings. The maximum absolute atomic E-state index is 6.95. The van der Waals surface area contributed by atoms with Gasteiger partial charge in [-0.25, -0.2) is 9.97 Å². The minimum Gasteiger partial charge on any atom is -0.456 e. The van der Waals surface area contributed by atoms with Crippen LogP contribution in [0.5, 0.6) is 0 Å². The fourth-order valence-corrected chi connectivity index (χ4v) is 7.56. The standard InChI is InChI=1S/C40H17B6N3O/c41-25-16-20-13-14-23-30-31(34(44)35(45)36(46)39(30)50-38(23)29(20)33(43)32(25)42)37-22-10-3-5-11-26(22)47-40(48-37)49-27-12-6-4-9-21(27)24-15-18-7-1-2-8-19(18)17-28(24)49/h1-17H. The SMILES string of the molecule is [B]c1cc2ccc3c(oc4c([B])c([B])c([B])c(-c5nc(-n6c7ccccc7c7cc8ccccc8cc76)nc6ccccc56)c43)c2c([B])c1[B]. The number of hydrogen-bond donors (Lipinski definition) is 0. The highest BCUT2D eigenvalue weighted by atomic mass is 16.3. The Balaban J connectivity index is 1.37. The minimum absolute atomic E-state index is 0.195. The van der Waals surface area contributed by atoms with Gasteiger partial charge in [-0.3, -0.25) is 4.57 Å². The Morgan fingerprint density at radius 3 is 2.02 bits per heavy atom. The van der Waals surface area contributed by atoms with Crippen LogP contribution in [0.3, 0.4) is 0 Å². The average Bonchev–Trinajstić information content (AvgIpc) is 3.67. The predicted octanol–water partition coefficient (Wildman–Crippen LogP) is 3.36. The summed E-state index contributed by atoms with van der Waals surface area (Å²) in [5.74, 6) is 0.480. The summed E-state index contributed by atoms with van der Waals surface area (Å²) in [7, 11) is 39.3. The van der Waals surface area contributed by atoms with E-state index in [0.717, 1.165) is 54.3 Å². The van der Waals surface area contributed by atoms with Gasteiger partial charge in [0.05, 0.1) is 22.2 Å². The summed E-state index contributed by atoms with van der Waals surface area (Å²) in [6, 6.07) is 34.5. The van der Waals surface area contributed by atoms with Gasteiger partial charge >= 0.3 is 0 Å². The normalized spacial score (nSPS) is 12.1. The second-order valence-corrected chi connectivity index (χ2v) is 12.7. The zero-order chi connectivity index (χ0) is 34.0. The Hall–Kier alpha value is -5.61. The Morgan fingerprint density at radius 1 is 0.480 bits per heavy atom. The average molecular weight is 620 g/mol. The maximum Gasteiger partial charge on any atom is 0.235 e. The number of furan rings is 1.